The molecule has 0 aliphatic carbocycles. The average molecular weight is 476 g/mol. The summed E-state index contributed by atoms with van der Waals surface area (Å²) in [5.41, 5.74) is 1.03. The number of aryl methyl sites for hydroxylation is 1. The van der Waals surface area contributed by atoms with Crippen molar-refractivity contribution in [2.24, 2.45) is 0 Å². The maximum atomic E-state index is 12.4. The van der Waals surface area contributed by atoms with Gasteiger partial charge in [0.05, 0.1) is 0 Å². The van der Waals surface area contributed by atoms with E-state index in [0.717, 1.165) is 18.4 Å². The molecule has 1 fully saturated rings. The second-order valence-corrected chi connectivity index (χ2v) is 8.27. The van der Waals surface area contributed by atoms with Crippen LogP contribution in [0.2, 0.25) is 0 Å². The molecule has 2 amide bonds. The number of anilines is 2. The van der Waals surface area contributed by atoms with Gasteiger partial charge in [-0.1, -0.05) is 6.92 Å². The van der Waals surface area contributed by atoms with Crippen molar-refractivity contribution in [2.75, 3.05) is 23.7 Å². The van der Waals surface area contributed by atoms with E-state index >= 15 is 0 Å². The third-order valence-electron chi connectivity index (χ3n) is 5.78. The Morgan fingerprint density at radius 1 is 1.20 bits per heavy atom. The number of benzene rings is 1. The van der Waals surface area contributed by atoms with E-state index in [4.69, 9.17) is 4.74 Å². The number of ether oxygens (including phenoxy) is 1. The molecule has 35 heavy (non-hydrogen) atoms. The molecular weight excluding hydrogens is 450 g/mol. The normalized spacial score (nSPS) is 15.4. The average Bonchev–Trinajstić information content (AvgIpc) is 3.60. The SMILES string of the molecule is CCC(=O)N1CC[C@@H](Nc2n[nH]c3nccc(Oc4ccc(C(=O)Nc5nnc(C)[nH]5)cc4)c23)C1. The van der Waals surface area contributed by atoms with Gasteiger partial charge < -0.3 is 19.9 Å². The number of nitrogens with one attached hydrogen (secondary N) is 4. The van der Waals surface area contributed by atoms with Crippen LogP contribution in [0.25, 0.3) is 11.0 Å². The molecule has 1 aliphatic rings. The largest absolute Gasteiger partial charge is 0.456 e. The monoisotopic (exact) mass is 475 g/mol. The summed E-state index contributed by atoms with van der Waals surface area (Å²) in [6, 6.07) is 8.61. The van der Waals surface area contributed by atoms with Gasteiger partial charge in [0.1, 0.15) is 22.7 Å². The van der Waals surface area contributed by atoms with E-state index in [1.165, 1.54) is 0 Å². The van der Waals surface area contributed by atoms with Crippen molar-refractivity contribution < 1.29 is 14.3 Å². The molecule has 1 saturated heterocycles. The molecule has 12 nitrogen and oxygen atoms in total. The molecular formula is C23H25N9O3. The Morgan fingerprint density at radius 2 is 2.03 bits per heavy atom. The van der Waals surface area contributed by atoms with Gasteiger partial charge in [-0.2, -0.15) is 5.10 Å². The number of fused-ring (bicyclic) bond motifs is 1. The summed E-state index contributed by atoms with van der Waals surface area (Å²) in [5.74, 6) is 2.49. The minimum atomic E-state index is -0.313. The highest BCUT2D eigenvalue weighted by atomic mass is 16.5. The lowest BCUT2D eigenvalue weighted by molar-refractivity contribution is -0.129. The maximum Gasteiger partial charge on any atom is 0.258 e. The Hall–Kier alpha value is -4.48. The van der Waals surface area contributed by atoms with E-state index in [2.05, 4.69) is 41.0 Å². The third kappa shape index (κ3) is 4.76. The Labute approximate surface area is 200 Å². The van der Waals surface area contributed by atoms with Crippen molar-refractivity contribution in [2.45, 2.75) is 32.7 Å². The Kier molecular flexibility index (Phi) is 6.00. The van der Waals surface area contributed by atoms with Crippen LogP contribution in [-0.4, -0.2) is 66.2 Å². The Bertz CT molecular complexity index is 1360. The van der Waals surface area contributed by atoms with Gasteiger partial charge >= 0.3 is 0 Å². The van der Waals surface area contributed by atoms with Crippen molar-refractivity contribution in [1.29, 1.82) is 0 Å². The van der Waals surface area contributed by atoms with Crippen LogP contribution in [0.4, 0.5) is 11.8 Å². The lowest BCUT2D eigenvalue weighted by Crippen LogP contribution is -2.31. The van der Waals surface area contributed by atoms with E-state index in [0.29, 0.717) is 47.3 Å². The number of aromatic amines is 2. The molecule has 4 aromatic rings. The van der Waals surface area contributed by atoms with E-state index < -0.39 is 0 Å². The third-order valence-corrected chi connectivity index (χ3v) is 5.78. The summed E-state index contributed by atoms with van der Waals surface area (Å²) >= 11 is 0. The number of likely N-dealkylation sites (tertiary alicyclic amines) is 1. The first-order valence-corrected chi connectivity index (χ1v) is 11.4. The van der Waals surface area contributed by atoms with Crippen LogP contribution in [0.5, 0.6) is 11.5 Å². The van der Waals surface area contributed by atoms with Crippen molar-refractivity contribution in [3.05, 3.63) is 47.9 Å². The molecule has 0 unspecified atom stereocenters. The first-order valence-electron chi connectivity index (χ1n) is 11.4. The fraction of sp³-hybridized carbons (Fsp3) is 0.304. The minimum Gasteiger partial charge on any atom is -0.456 e. The highest BCUT2D eigenvalue weighted by Crippen LogP contribution is 2.33. The van der Waals surface area contributed by atoms with Crippen molar-refractivity contribution in [3.63, 3.8) is 0 Å². The van der Waals surface area contributed by atoms with Crippen molar-refractivity contribution in [3.8, 4) is 11.5 Å². The molecule has 1 aromatic carbocycles. The van der Waals surface area contributed by atoms with Crippen LogP contribution in [-0.2, 0) is 4.79 Å². The zero-order valence-electron chi connectivity index (χ0n) is 19.3. The van der Waals surface area contributed by atoms with Gasteiger partial charge in [-0.05, 0) is 37.6 Å². The molecule has 180 valence electrons. The van der Waals surface area contributed by atoms with Crippen LogP contribution in [0.3, 0.4) is 0 Å². The second kappa shape index (κ2) is 9.41. The summed E-state index contributed by atoms with van der Waals surface area (Å²) in [6.45, 7) is 4.98. The Morgan fingerprint density at radius 3 is 2.77 bits per heavy atom. The number of H-pyrrole nitrogens is 2. The van der Waals surface area contributed by atoms with Crippen LogP contribution in [0, 0.1) is 6.92 Å². The standard InChI is InChI=1S/C23H25N9O3/c1-3-18(33)32-11-9-15(12-32)26-21-19-17(8-10-24-20(19)29-30-21)35-16-6-4-14(5-7-16)22(34)27-23-25-13(2)28-31-23/h4-8,10,15H,3,9,11-12H2,1-2H3,(H2,24,26,29,30)(H2,25,27,28,31,34)/t15-/m1/s1. The summed E-state index contributed by atoms with van der Waals surface area (Å²) in [6.07, 6.45) is 2.98. The fourth-order valence-corrected chi connectivity index (χ4v) is 4.02. The minimum absolute atomic E-state index is 0.0935. The zero-order chi connectivity index (χ0) is 24.4. The molecule has 0 radical (unpaired) electrons. The number of amides is 2. The summed E-state index contributed by atoms with van der Waals surface area (Å²) in [5, 5.41) is 21.8. The molecule has 0 saturated carbocycles. The first kappa shape index (κ1) is 22.3. The van der Waals surface area contributed by atoms with E-state index in [9.17, 15) is 9.59 Å². The van der Waals surface area contributed by atoms with Gasteiger partial charge in [0.15, 0.2) is 11.5 Å². The number of nitrogens with zero attached hydrogens (tertiary/aromatic N) is 5. The van der Waals surface area contributed by atoms with Gasteiger partial charge in [-0.15, -0.1) is 10.2 Å². The van der Waals surface area contributed by atoms with Gasteiger partial charge in [-0.25, -0.2) is 4.98 Å². The van der Waals surface area contributed by atoms with Gasteiger partial charge in [0.2, 0.25) is 11.9 Å². The molecule has 5 rings (SSSR count). The van der Waals surface area contributed by atoms with Crippen LogP contribution in [0.1, 0.15) is 35.9 Å². The highest BCUT2D eigenvalue weighted by molar-refractivity contribution is 6.03. The number of hydrogen-bond donors (Lipinski definition) is 4. The molecule has 4 heterocycles. The predicted molar refractivity (Wildman–Crippen MR) is 128 cm³/mol. The quantitative estimate of drug-likeness (QED) is 0.318. The summed E-state index contributed by atoms with van der Waals surface area (Å²) < 4.78 is 6.12. The van der Waals surface area contributed by atoms with Gasteiger partial charge in [0, 0.05) is 43.4 Å². The van der Waals surface area contributed by atoms with E-state index in [1.807, 2.05) is 11.8 Å². The van der Waals surface area contributed by atoms with Crippen molar-refractivity contribution in [1.82, 2.24) is 35.3 Å². The number of carbonyl (C=O) groups excluding carboxylic acids is 2. The lowest BCUT2D eigenvalue weighted by atomic mass is 10.2. The maximum absolute atomic E-state index is 12.4. The smallest absolute Gasteiger partial charge is 0.258 e. The van der Waals surface area contributed by atoms with Crippen LogP contribution in [0.15, 0.2) is 36.5 Å². The first-order chi connectivity index (χ1) is 17.0. The highest BCUT2D eigenvalue weighted by Gasteiger charge is 2.26. The topological polar surface area (TPSA) is 154 Å². The number of rotatable bonds is 7. The number of carbonyl (C=O) groups is 2. The van der Waals surface area contributed by atoms with Crippen molar-refractivity contribution >= 4 is 34.6 Å². The number of hydrogen-bond acceptors (Lipinski definition) is 8. The fourth-order valence-electron chi connectivity index (χ4n) is 4.02. The van der Waals surface area contributed by atoms with Gasteiger partial charge in [-0.3, -0.25) is 20.0 Å². The molecule has 0 bridgehead atoms. The lowest BCUT2D eigenvalue weighted by Gasteiger charge is -2.16. The number of pyridine rings is 1. The second-order valence-electron chi connectivity index (χ2n) is 8.27. The Balaban J connectivity index is 1.30. The summed E-state index contributed by atoms with van der Waals surface area (Å²) in [7, 11) is 0. The number of aromatic nitrogens is 6. The molecule has 1 atom stereocenters. The van der Waals surface area contributed by atoms with E-state index in [1.54, 1.807) is 43.5 Å². The van der Waals surface area contributed by atoms with E-state index in [-0.39, 0.29) is 23.8 Å². The van der Waals surface area contributed by atoms with Crippen LogP contribution < -0.4 is 15.4 Å². The summed E-state index contributed by atoms with van der Waals surface area (Å²) in [4.78, 5) is 33.5. The molecule has 4 N–H and O–H groups in total. The zero-order valence-corrected chi connectivity index (χ0v) is 19.3. The molecule has 1 aliphatic heterocycles. The molecule has 3 aromatic heterocycles. The molecule has 12 heteroatoms. The molecule has 0 spiro atoms. The van der Waals surface area contributed by atoms with Crippen LogP contribution >= 0.6 is 0 Å². The predicted octanol–water partition coefficient (Wildman–Crippen LogP) is 2.85. The van der Waals surface area contributed by atoms with Gasteiger partial charge in [0.25, 0.3) is 5.91 Å².